The minimum atomic E-state index is 0.0168. The van der Waals surface area contributed by atoms with Gasteiger partial charge in [0.2, 0.25) is 0 Å². The van der Waals surface area contributed by atoms with Gasteiger partial charge in [-0.2, -0.15) is 0 Å². The van der Waals surface area contributed by atoms with Crippen molar-refractivity contribution < 1.29 is 4.79 Å². The van der Waals surface area contributed by atoms with E-state index in [4.69, 9.17) is 0 Å². The second kappa shape index (κ2) is 8.12. The van der Waals surface area contributed by atoms with Gasteiger partial charge in [-0.25, -0.2) is 0 Å². The second-order valence-corrected chi connectivity index (χ2v) is 6.29. The van der Waals surface area contributed by atoms with Crippen molar-refractivity contribution in [1.82, 2.24) is 14.8 Å². The summed E-state index contributed by atoms with van der Waals surface area (Å²) in [5.74, 6) is 0.0168. The summed E-state index contributed by atoms with van der Waals surface area (Å²) >= 11 is 0. The standard InChI is InChI=1S/C20H26N4O/c1-3-16-7-5-6-8-18(16)22-17-9-10-21-19(15-17)20(25)24-13-11-23(4-2)12-14-24/h5-10,15H,3-4,11-14H2,1-2H3,(H,21,22). The number of aromatic nitrogens is 1. The Morgan fingerprint density at radius 1 is 1.12 bits per heavy atom. The molecule has 1 amide bonds. The molecule has 2 heterocycles. The van der Waals surface area contributed by atoms with Crippen molar-refractivity contribution in [3.63, 3.8) is 0 Å². The van der Waals surface area contributed by atoms with Crippen LogP contribution >= 0.6 is 0 Å². The van der Waals surface area contributed by atoms with E-state index in [2.05, 4.69) is 41.2 Å². The number of amides is 1. The molecule has 25 heavy (non-hydrogen) atoms. The molecule has 0 atom stereocenters. The third kappa shape index (κ3) is 4.17. The SMILES string of the molecule is CCc1ccccc1Nc1ccnc(C(=O)N2CCN(CC)CC2)c1. The summed E-state index contributed by atoms with van der Waals surface area (Å²) in [6, 6.07) is 12.0. The van der Waals surface area contributed by atoms with Crippen molar-refractivity contribution >= 4 is 17.3 Å². The van der Waals surface area contributed by atoms with Gasteiger partial charge in [0.25, 0.3) is 5.91 Å². The van der Waals surface area contributed by atoms with E-state index in [-0.39, 0.29) is 5.91 Å². The number of anilines is 2. The van der Waals surface area contributed by atoms with E-state index in [1.807, 2.05) is 29.2 Å². The quantitative estimate of drug-likeness (QED) is 0.910. The molecule has 132 valence electrons. The number of likely N-dealkylation sites (N-methyl/N-ethyl adjacent to an activating group) is 1. The fourth-order valence-electron chi connectivity index (χ4n) is 3.16. The fourth-order valence-corrected chi connectivity index (χ4v) is 3.16. The number of carbonyl (C=O) groups excluding carboxylic acids is 1. The first-order valence-corrected chi connectivity index (χ1v) is 9.04. The molecule has 1 N–H and O–H groups in total. The Hall–Kier alpha value is -2.40. The second-order valence-electron chi connectivity index (χ2n) is 6.29. The van der Waals surface area contributed by atoms with Gasteiger partial charge in [-0.05, 0) is 36.7 Å². The number of hydrogen-bond acceptors (Lipinski definition) is 4. The van der Waals surface area contributed by atoms with Gasteiger partial charge in [0, 0.05) is 43.8 Å². The van der Waals surface area contributed by atoms with Gasteiger partial charge < -0.3 is 15.1 Å². The molecule has 0 saturated carbocycles. The first-order chi connectivity index (χ1) is 12.2. The van der Waals surface area contributed by atoms with Gasteiger partial charge in [0.15, 0.2) is 0 Å². The summed E-state index contributed by atoms with van der Waals surface area (Å²) in [5.41, 5.74) is 3.73. The summed E-state index contributed by atoms with van der Waals surface area (Å²) in [6.07, 6.45) is 2.66. The molecular formula is C20H26N4O. The summed E-state index contributed by atoms with van der Waals surface area (Å²) in [5, 5.41) is 3.42. The smallest absolute Gasteiger partial charge is 0.272 e. The molecule has 0 spiro atoms. The number of nitrogens with one attached hydrogen (secondary N) is 1. The van der Waals surface area contributed by atoms with Gasteiger partial charge >= 0.3 is 0 Å². The van der Waals surface area contributed by atoms with Crippen LogP contribution in [0.4, 0.5) is 11.4 Å². The minimum Gasteiger partial charge on any atom is -0.355 e. The van der Waals surface area contributed by atoms with Crippen LogP contribution in [0.2, 0.25) is 0 Å². The number of carbonyl (C=O) groups is 1. The summed E-state index contributed by atoms with van der Waals surface area (Å²) in [4.78, 5) is 21.3. The maximum absolute atomic E-state index is 12.7. The van der Waals surface area contributed by atoms with Crippen molar-refractivity contribution in [2.24, 2.45) is 0 Å². The molecule has 5 nitrogen and oxygen atoms in total. The highest BCUT2D eigenvalue weighted by Crippen LogP contribution is 2.22. The first kappa shape index (κ1) is 17.4. The lowest BCUT2D eigenvalue weighted by Crippen LogP contribution is -2.48. The number of benzene rings is 1. The highest BCUT2D eigenvalue weighted by atomic mass is 16.2. The van der Waals surface area contributed by atoms with Crippen LogP contribution in [-0.2, 0) is 6.42 Å². The zero-order chi connectivity index (χ0) is 17.6. The normalized spacial score (nSPS) is 15.2. The lowest BCUT2D eigenvalue weighted by Gasteiger charge is -2.33. The molecule has 1 aromatic heterocycles. The number of nitrogens with zero attached hydrogens (tertiary/aromatic N) is 3. The molecule has 0 unspecified atom stereocenters. The number of pyridine rings is 1. The Balaban J connectivity index is 1.72. The van der Waals surface area contributed by atoms with Crippen LogP contribution in [0, 0.1) is 0 Å². The number of rotatable bonds is 5. The van der Waals surface area contributed by atoms with Crippen molar-refractivity contribution in [2.75, 3.05) is 38.0 Å². The summed E-state index contributed by atoms with van der Waals surface area (Å²) in [7, 11) is 0. The van der Waals surface area contributed by atoms with Crippen LogP contribution < -0.4 is 5.32 Å². The minimum absolute atomic E-state index is 0.0168. The fraction of sp³-hybridized carbons (Fsp3) is 0.400. The molecule has 3 rings (SSSR count). The molecule has 1 aliphatic rings. The average Bonchev–Trinajstić information content (AvgIpc) is 2.68. The largest absolute Gasteiger partial charge is 0.355 e. The molecule has 0 bridgehead atoms. The third-order valence-electron chi connectivity index (χ3n) is 4.76. The highest BCUT2D eigenvalue weighted by molar-refractivity contribution is 5.93. The number of piperazine rings is 1. The molecule has 0 aliphatic carbocycles. The zero-order valence-corrected chi connectivity index (χ0v) is 15.0. The topological polar surface area (TPSA) is 48.5 Å². The molecule has 5 heteroatoms. The van der Waals surface area contributed by atoms with Gasteiger partial charge in [-0.3, -0.25) is 9.78 Å². The van der Waals surface area contributed by atoms with Crippen molar-refractivity contribution in [3.8, 4) is 0 Å². The van der Waals surface area contributed by atoms with Crippen molar-refractivity contribution in [3.05, 3.63) is 53.9 Å². The first-order valence-electron chi connectivity index (χ1n) is 9.04. The lowest BCUT2D eigenvalue weighted by molar-refractivity contribution is 0.0637. The van der Waals surface area contributed by atoms with Crippen molar-refractivity contribution in [1.29, 1.82) is 0 Å². The molecule has 2 aromatic rings. The van der Waals surface area contributed by atoms with Crippen LogP contribution in [0.1, 0.15) is 29.9 Å². The molecule has 1 aromatic carbocycles. The van der Waals surface area contributed by atoms with E-state index in [0.29, 0.717) is 5.69 Å². The van der Waals surface area contributed by atoms with E-state index >= 15 is 0 Å². The number of hydrogen-bond donors (Lipinski definition) is 1. The lowest BCUT2D eigenvalue weighted by atomic mass is 10.1. The Labute approximate surface area is 149 Å². The molecule has 0 radical (unpaired) electrons. The van der Waals surface area contributed by atoms with E-state index < -0.39 is 0 Å². The van der Waals surface area contributed by atoms with E-state index in [9.17, 15) is 4.79 Å². The van der Waals surface area contributed by atoms with Crippen LogP contribution in [0.5, 0.6) is 0 Å². The average molecular weight is 338 g/mol. The molecule has 1 fully saturated rings. The Morgan fingerprint density at radius 3 is 2.60 bits per heavy atom. The van der Waals surface area contributed by atoms with Crippen LogP contribution in [0.3, 0.4) is 0 Å². The van der Waals surface area contributed by atoms with Crippen LogP contribution in [0.15, 0.2) is 42.6 Å². The predicted molar refractivity (Wildman–Crippen MR) is 101 cm³/mol. The van der Waals surface area contributed by atoms with Gasteiger partial charge in [-0.1, -0.05) is 32.0 Å². The Bertz CT molecular complexity index is 723. The molecular weight excluding hydrogens is 312 g/mol. The molecule has 1 saturated heterocycles. The predicted octanol–water partition coefficient (Wildman–Crippen LogP) is 3.17. The monoisotopic (exact) mass is 338 g/mol. The van der Waals surface area contributed by atoms with Crippen molar-refractivity contribution in [2.45, 2.75) is 20.3 Å². The van der Waals surface area contributed by atoms with E-state index in [1.165, 1.54) is 5.56 Å². The maximum atomic E-state index is 12.7. The van der Waals surface area contributed by atoms with Crippen LogP contribution in [-0.4, -0.2) is 53.4 Å². The maximum Gasteiger partial charge on any atom is 0.272 e. The highest BCUT2D eigenvalue weighted by Gasteiger charge is 2.22. The van der Waals surface area contributed by atoms with Gasteiger partial charge in [-0.15, -0.1) is 0 Å². The van der Waals surface area contributed by atoms with Gasteiger partial charge in [0.1, 0.15) is 5.69 Å². The molecule has 1 aliphatic heterocycles. The zero-order valence-electron chi connectivity index (χ0n) is 15.0. The third-order valence-corrected chi connectivity index (χ3v) is 4.76. The van der Waals surface area contributed by atoms with E-state index in [0.717, 1.165) is 50.5 Å². The Morgan fingerprint density at radius 2 is 1.88 bits per heavy atom. The van der Waals surface area contributed by atoms with E-state index in [1.54, 1.807) is 6.20 Å². The number of para-hydroxylation sites is 1. The summed E-state index contributed by atoms with van der Waals surface area (Å²) < 4.78 is 0. The summed E-state index contributed by atoms with van der Waals surface area (Å²) in [6.45, 7) is 8.74. The number of aryl methyl sites for hydroxylation is 1. The van der Waals surface area contributed by atoms with Crippen LogP contribution in [0.25, 0.3) is 0 Å². The Kier molecular flexibility index (Phi) is 5.66. The van der Waals surface area contributed by atoms with Gasteiger partial charge in [0.05, 0.1) is 0 Å².